The van der Waals surface area contributed by atoms with E-state index in [1.165, 1.54) is 18.3 Å². The van der Waals surface area contributed by atoms with Gasteiger partial charge in [-0.2, -0.15) is 0 Å². The van der Waals surface area contributed by atoms with Gasteiger partial charge in [0.25, 0.3) is 5.91 Å². The summed E-state index contributed by atoms with van der Waals surface area (Å²) >= 11 is 1.22. The van der Waals surface area contributed by atoms with Crippen molar-refractivity contribution in [3.8, 4) is 0 Å². The third-order valence-electron chi connectivity index (χ3n) is 2.90. The molecule has 1 aromatic heterocycles. The zero-order chi connectivity index (χ0) is 15.4. The second-order valence-corrected chi connectivity index (χ2v) is 5.49. The van der Waals surface area contributed by atoms with E-state index in [0.717, 1.165) is 5.56 Å². The topological polar surface area (TPSA) is 88.3 Å². The van der Waals surface area contributed by atoms with Crippen LogP contribution < -0.4 is 11.1 Å². The van der Waals surface area contributed by atoms with Gasteiger partial charge in [0.1, 0.15) is 5.69 Å². The highest BCUT2D eigenvalue weighted by atomic mass is 32.1. The molecule has 0 aliphatic heterocycles. The maximum atomic E-state index is 12.0. The minimum absolute atomic E-state index is 0.0117. The van der Waals surface area contributed by atoms with Gasteiger partial charge >= 0.3 is 0 Å². The number of amides is 2. The molecule has 0 aliphatic rings. The number of nitrogen functional groups attached to an aromatic ring is 1. The summed E-state index contributed by atoms with van der Waals surface area (Å²) in [7, 11) is 1.73. The maximum Gasteiger partial charge on any atom is 0.275 e. The average Bonchev–Trinajstić information content (AvgIpc) is 2.86. The van der Waals surface area contributed by atoms with Gasteiger partial charge in [-0.15, -0.1) is 11.3 Å². The van der Waals surface area contributed by atoms with E-state index in [0.29, 0.717) is 23.1 Å². The molecule has 110 valence electrons. The van der Waals surface area contributed by atoms with Gasteiger partial charge in [0, 0.05) is 31.6 Å². The van der Waals surface area contributed by atoms with Crippen molar-refractivity contribution < 1.29 is 9.59 Å². The van der Waals surface area contributed by atoms with E-state index < -0.39 is 0 Å². The Morgan fingerprint density at radius 1 is 1.43 bits per heavy atom. The molecule has 3 N–H and O–H groups in total. The number of thiazole rings is 1. The molecule has 0 unspecified atom stereocenters. The Labute approximate surface area is 126 Å². The molecular weight excluding hydrogens is 288 g/mol. The van der Waals surface area contributed by atoms with Gasteiger partial charge in [0.2, 0.25) is 5.91 Å². The molecule has 2 rings (SSSR count). The number of benzene rings is 1. The van der Waals surface area contributed by atoms with E-state index in [9.17, 15) is 9.59 Å². The number of anilines is 2. The van der Waals surface area contributed by atoms with Crippen molar-refractivity contribution in [1.29, 1.82) is 0 Å². The van der Waals surface area contributed by atoms with E-state index in [4.69, 9.17) is 5.73 Å². The largest absolute Gasteiger partial charge is 0.375 e. The lowest BCUT2D eigenvalue weighted by molar-refractivity contribution is -0.128. The highest BCUT2D eigenvalue weighted by molar-refractivity contribution is 7.13. The summed E-state index contributed by atoms with van der Waals surface area (Å²) in [6.45, 7) is 2.00. The number of rotatable bonds is 4. The zero-order valence-corrected chi connectivity index (χ0v) is 12.6. The number of hydrogen-bond acceptors (Lipinski definition) is 5. The lowest BCUT2D eigenvalue weighted by Gasteiger charge is -2.15. The van der Waals surface area contributed by atoms with Crippen molar-refractivity contribution in [2.75, 3.05) is 18.1 Å². The molecule has 2 amide bonds. The van der Waals surface area contributed by atoms with Crippen LogP contribution in [0.4, 0.5) is 10.8 Å². The van der Waals surface area contributed by atoms with Crippen LogP contribution in [0.2, 0.25) is 0 Å². The third kappa shape index (κ3) is 4.03. The lowest BCUT2D eigenvalue weighted by Crippen LogP contribution is -2.23. The predicted octanol–water partition coefficient (Wildman–Crippen LogP) is 1.96. The molecule has 0 spiro atoms. The minimum Gasteiger partial charge on any atom is -0.375 e. The van der Waals surface area contributed by atoms with Gasteiger partial charge in [-0.05, 0) is 17.7 Å². The van der Waals surface area contributed by atoms with Gasteiger partial charge in [-0.1, -0.05) is 12.1 Å². The van der Waals surface area contributed by atoms with Crippen LogP contribution in [0.25, 0.3) is 0 Å². The normalized spacial score (nSPS) is 10.2. The quantitative estimate of drug-likeness (QED) is 0.903. The Bertz CT molecular complexity index is 668. The number of aromatic nitrogens is 1. The van der Waals surface area contributed by atoms with Gasteiger partial charge in [0.05, 0.1) is 0 Å². The molecule has 2 aromatic rings. The van der Waals surface area contributed by atoms with Crippen LogP contribution in [-0.4, -0.2) is 28.7 Å². The Balaban J connectivity index is 2.07. The number of nitrogens with two attached hydrogens (primary N) is 1. The third-order valence-corrected chi connectivity index (χ3v) is 3.57. The van der Waals surface area contributed by atoms with Crippen LogP contribution in [0.15, 0.2) is 29.6 Å². The number of carbonyl (C=O) groups is 2. The fraction of sp³-hybridized carbons (Fsp3) is 0.214. The molecule has 0 saturated heterocycles. The summed E-state index contributed by atoms with van der Waals surface area (Å²) < 4.78 is 0. The summed E-state index contributed by atoms with van der Waals surface area (Å²) in [6.07, 6.45) is 0. The Morgan fingerprint density at radius 3 is 2.81 bits per heavy atom. The Hall–Kier alpha value is -2.41. The van der Waals surface area contributed by atoms with E-state index in [1.54, 1.807) is 23.4 Å². The zero-order valence-electron chi connectivity index (χ0n) is 11.8. The number of carbonyl (C=O) groups excluding carboxylic acids is 2. The van der Waals surface area contributed by atoms with Crippen LogP contribution in [-0.2, 0) is 11.3 Å². The van der Waals surface area contributed by atoms with Crippen LogP contribution >= 0.6 is 11.3 Å². The lowest BCUT2D eigenvalue weighted by atomic mass is 10.2. The molecule has 0 atom stereocenters. The molecule has 1 heterocycles. The van der Waals surface area contributed by atoms with E-state index in [-0.39, 0.29) is 11.8 Å². The van der Waals surface area contributed by atoms with E-state index in [1.807, 2.05) is 18.2 Å². The van der Waals surface area contributed by atoms with Gasteiger partial charge in [-0.3, -0.25) is 9.59 Å². The molecule has 0 fully saturated rings. The van der Waals surface area contributed by atoms with Gasteiger partial charge in [0.15, 0.2) is 5.13 Å². The molecule has 21 heavy (non-hydrogen) atoms. The fourth-order valence-corrected chi connectivity index (χ4v) is 2.26. The molecule has 6 nitrogen and oxygen atoms in total. The monoisotopic (exact) mass is 304 g/mol. The number of hydrogen-bond donors (Lipinski definition) is 2. The fourth-order valence-electron chi connectivity index (χ4n) is 1.72. The first-order valence-corrected chi connectivity index (χ1v) is 7.16. The highest BCUT2D eigenvalue weighted by Gasteiger charge is 2.10. The van der Waals surface area contributed by atoms with Crippen molar-refractivity contribution in [2.24, 2.45) is 0 Å². The van der Waals surface area contributed by atoms with Gasteiger partial charge < -0.3 is 16.0 Å². The standard InChI is InChI=1S/C14H16N4O2S/c1-9(19)18(2)7-10-4-3-5-11(6-10)16-13(20)12-8-21-14(15)17-12/h3-6,8H,7H2,1-2H3,(H2,15,17)(H,16,20). The van der Waals surface area contributed by atoms with Crippen LogP contribution in [0.3, 0.4) is 0 Å². The predicted molar refractivity (Wildman–Crippen MR) is 83.1 cm³/mol. The average molecular weight is 304 g/mol. The van der Waals surface area contributed by atoms with Crippen LogP contribution in [0.1, 0.15) is 23.0 Å². The summed E-state index contributed by atoms with van der Waals surface area (Å²) in [6, 6.07) is 7.34. The van der Waals surface area contributed by atoms with E-state index >= 15 is 0 Å². The first kappa shape index (κ1) is 15.0. The van der Waals surface area contributed by atoms with Crippen molar-refractivity contribution in [1.82, 2.24) is 9.88 Å². The maximum absolute atomic E-state index is 12.0. The molecular formula is C14H16N4O2S. The van der Waals surface area contributed by atoms with Crippen molar-refractivity contribution in [3.05, 3.63) is 40.9 Å². The van der Waals surface area contributed by atoms with Crippen LogP contribution in [0.5, 0.6) is 0 Å². The number of nitrogens with one attached hydrogen (secondary N) is 1. The number of nitrogens with zero attached hydrogens (tertiary/aromatic N) is 2. The molecule has 0 aliphatic carbocycles. The van der Waals surface area contributed by atoms with E-state index in [2.05, 4.69) is 10.3 Å². The summed E-state index contributed by atoms with van der Waals surface area (Å²) in [5, 5.41) is 4.73. The Morgan fingerprint density at radius 2 is 2.19 bits per heavy atom. The van der Waals surface area contributed by atoms with Crippen LogP contribution in [0, 0.1) is 0 Å². The highest BCUT2D eigenvalue weighted by Crippen LogP contribution is 2.16. The second kappa shape index (κ2) is 6.36. The molecule has 0 radical (unpaired) electrons. The molecule has 0 saturated carbocycles. The summed E-state index contributed by atoms with van der Waals surface area (Å²) in [5.74, 6) is -0.317. The Kier molecular flexibility index (Phi) is 4.54. The summed E-state index contributed by atoms with van der Waals surface area (Å²) in [4.78, 5) is 28.7. The van der Waals surface area contributed by atoms with Crippen molar-refractivity contribution in [2.45, 2.75) is 13.5 Å². The second-order valence-electron chi connectivity index (χ2n) is 4.60. The minimum atomic E-state index is -0.306. The smallest absolute Gasteiger partial charge is 0.275 e. The summed E-state index contributed by atoms with van der Waals surface area (Å²) in [5.41, 5.74) is 7.39. The molecule has 7 heteroatoms. The SMILES string of the molecule is CC(=O)N(C)Cc1cccc(NC(=O)c2csc(N)n2)c1. The van der Waals surface area contributed by atoms with Gasteiger partial charge in [-0.25, -0.2) is 4.98 Å². The molecule has 1 aromatic carbocycles. The van der Waals surface area contributed by atoms with Crippen molar-refractivity contribution >= 4 is 34.0 Å². The molecule has 0 bridgehead atoms. The first-order valence-electron chi connectivity index (χ1n) is 6.28. The first-order chi connectivity index (χ1) is 9.95. The van der Waals surface area contributed by atoms with Crippen molar-refractivity contribution in [3.63, 3.8) is 0 Å².